The van der Waals surface area contributed by atoms with Gasteiger partial charge in [0, 0.05) is 37.4 Å². The smallest absolute Gasteiger partial charge is 0.325 e. The van der Waals surface area contributed by atoms with Crippen LogP contribution in [0.1, 0.15) is 0 Å². The number of esters is 1. The molecule has 2 aromatic heterocycles. The summed E-state index contributed by atoms with van der Waals surface area (Å²) in [5.41, 5.74) is 1.90. The van der Waals surface area contributed by atoms with Gasteiger partial charge in [0.2, 0.25) is 5.95 Å². The molecule has 0 radical (unpaired) electrons. The molecule has 0 unspecified atom stereocenters. The minimum atomic E-state index is -0.329. The van der Waals surface area contributed by atoms with Crippen molar-refractivity contribution in [2.75, 3.05) is 25.6 Å². The molecule has 0 N–H and O–H groups in total. The zero-order valence-corrected chi connectivity index (χ0v) is 10.8. The van der Waals surface area contributed by atoms with E-state index in [2.05, 4.69) is 19.7 Å². The van der Waals surface area contributed by atoms with Gasteiger partial charge in [0.25, 0.3) is 0 Å². The molecule has 6 heteroatoms. The van der Waals surface area contributed by atoms with Gasteiger partial charge in [0.05, 0.1) is 7.11 Å². The second-order valence-corrected chi connectivity index (χ2v) is 3.94. The number of likely N-dealkylation sites (N-methyl/N-ethyl adjacent to an activating group) is 1. The second kappa shape index (κ2) is 5.90. The summed E-state index contributed by atoms with van der Waals surface area (Å²) in [5, 5.41) is 0. The summed E-state index contributed by atoms with van der Waals surface area (Å²) < 4.78 is 4.59. The van der Waals surface area contributed by atoms with Crippen LogP contribution < -0.4 is 4.90 Å². The molecule has 98 valence electrons. The molecule has 0 amide bonds. The molecular weight excluding hydrogens is 244 g/mol. The van der Waals surface area contributed by atoms with E-state index in [0.717, 1.165) is 11.1 Å². The number of carbonyl (C=O) groups excluding carboxylic acids is 1. The summed E-state index contributed by atoms with van der Waals surface area (Å²) in [6.07, 6.45) is 6.86. The van der Waals surface area contributed by atoms with Crippen LogP contribution in [-0.2, 0) is 9.53 Å². The van der Waals surface area contributed by atoms with E-state index >= 15 is 0 Å². The fraction of sp³-hybridized carbons (Fsp3) is 0.231. The molecule has 0 saturated heterocycles. The van der Waals surface area contributed by atoms with E-state index in [1.165, 1.54) is 7.11 Å². The number of anilines is 1. The summed E-state index contributed by atoms with van der Waals surface area (Å²) in [6.45, 7) is 0.116. The van der Waals surface area contributed by atoms with Crippen molar-refractivity contribution < 1.29 is 9.53 Å². The van der Waals surface area contributed by atoms with Crippen molar-refractivity contribution in [1.29, 1.82) is 0 Å². The number of nitrogens with zero attached hydrogens (tertiary/aromatic N) is 4. The van der Waals surface area contributed by atoms with E-state index in [1.54, 1.807) is 36.7 Å². The van der Waals surface area contributed by atoms with Gasteiger partial charge in [0.15, 0.2) is 0 Å². The van der Waals surface area contributed by atoms with Gasteiger partial charge in [-0.3, -0.25) is 9.78 Å². The summed E-state index contributed by atoms with van der Waals surface area (Å²) in [4.78, 5) is 25.2. The van der Waals surface area contributed by atoms with Crippen molar-refractivity contribution in [1.82, 2.24) is 15.0 Å². The Morgan fingerprint density at radius 3 is 2.42 bits per heavy atom. The first-order valence-electron chi connectivity index (χ1n) is 5.71. The average Bonchev–Trinajstić information content (AvgIpc) is 2.48. The lowest BCUT2D eigenvalue weighted by Gasteiger charge is -2.15. The molecule has 0 aromatic carbocycles. The van der Waals surface area contributed by atoms with Crippen molar-refractivity contribution in [3.05, 3.63) is 36.9 Å². The molecule has 0 aliphatic rings. The van der Waals surface area contributed by atoms with E-state index in [1.807, 2.05) is 12.1 Å². The van der Waals surface area contributed by atoms with Crippen LogP contribution in [0.2, 0.25) is 0 Å². The Morgan fingerprint density at radius 1 is 1.21 bits per heavy atom. The largest absolute Gasteiger partial charge is 0.468 e. The van der Waals surface area contributed by atoms with Crippen molar-refractivity contribution >= 4 is 11.9 Å². The standard InChI is InChI=1S/C13H14N4O2/c1-17(9-12(18)19-2)13-15-7-11(8-16-13)10-3-5-14-6-4-10/h3-8H,9H2,1-2H3. The Labute approximate surface area is 111 Å². The number of methoxy groups -OCH3 is 1. The van der Waals surface area contributed by atoms with Crippen molar-refractivity contribution in [3.63, 3.8) is 0 Å². The zero-order valence-electron chi connectivity index (χ0n) is 10.8. The van der Waals surface area contributed by atoms with Gasteiger partial charge < -0.3 is 9.64 Å². The lowest BCUT2D eigenvalue weighted by Crippen LogP contribution is -2.27. The number of rotatable bonds is 4. The minimum Gasteiger partial charge on any atom is -0.468 e. The van der Waals surface area contributed by atoms with Gasteiger partial charge in [-0.1, -0.05) is 0 Å². The Bertz CT molecular complexity index is 542. The quantitative estimate of drug-likeness (QED) is 0.766. The van der Waals surface area contributed by atoms with Gasteiger partial charge in [0.1, 0.15) is 6.54 Å². The number of hydrogen-bond donors (Lipinski definition) is 0. The molecular formula is C13H14N4O2. The monoisotopic (exact) mass is 258 g/mol. The van der Waals surface area contributed by atoms with Crippen LogP contribution in [0.4, 0.5) is 5.95 Å². The van der Waals surface area contributed by atoms with Gasteiger partial charge in [-0.25, -0.2) is 9.97 Å². The molecule has 19 heavy (non-hydrogen) atoms. The summed E-state index contributed by atoms with van der Waals surface area (Å²) in [7, 11) is 3.09. The van der Waals surface area contributed by atoms with E-state index in [4.69, 9.17) is 0 Å². The number of carbonyl (C=O) groups is 1. The predicted molar refractivity (Wildman–Crippen MR) is 70.5 cm³/mol. The Kier molecular flexibility index (Phi) is 4.02. The van der Waals surface area contributed by atoms with Crippen LogP contribution in [0.25, 0.3) is 11.1 Å². The van der Waals surface area contributed by atoms with Gasteiger partial charge in [-0.2, -0.15) is 0 Å². The minimum absolute atomic E-state index is 0.116. The third-order valence-corrected chi connectivity index (χ3v) is 2.59. The molecule has 0 aliphatic heterocycles. The maximum absolute atomic E-state index is 11.2. The summed E-state index contributed by atoms with van der Waals surface area (Å²) in [6, 6.07) is 3.77. The highest BCUT2D eigenvalue weighted by atomic mass is 16.5. The van der Waals surface area contributed by atoms with Crippen LogP contribution in [0.3, 0.4) is 0 Å². The molecule has 0 aliphatic carbocycles. The van der Waals surface area contributed by atoms with Crippen LogP contribution in [0, 0.1) is 0 Å². The number of pyridine rings is 1. The first-order chi connectivity index (χ1) is 9.20. The fourth-order valence-electron chi connectivity index (χ4n) is 1.54. The van der Waals surface area contributed by atoms with Crippen molar-refractivity contribution in [2.24, 2.45) is 0 Å². The molecule has 0 bridgehead atoms. The highest BCUT2D eigenvalue weighted by Gasteiger charge is 2.09. The molecule has 2 rings (SSSR count). The number of ether oxygens (including phenoxy) is 1. The molecule has 0 fully saturated rings. The lowest BCUT2D eigenvalue weighted by atomic mass is 10.1. The SMILES string of the molecule is COC(=O)CN(C)c1ncc(-c2ccncc2)cn1. The first-order valence-corrected chi connectivity index (χ1v) is 5.71. The third kappa shape index (κ3) is 3.25. The second-order valence-electron chi connectivity index (χ2n) is 3.94. The molecule has 0 atom stereocenters. The fourth-order valence-corrected chi connectivity index (χ4v) is 1.54. The van der Waals surface area contributed by atoms with E-state index in [-0.39, 0.29) is 12.5 Å². The molecule has 2 aromatic rings. The first kappa shape index (κ1) is 12.9. The highest BCUT2D eigenvalue weighted by Crippen LogP contribution is 2.17. The van der Waals surface area contributed by atoms with E-state index < -0.39 is 0 Å². The lowest BCUT2D eigenvalue weighted by molar-refractivity contribution is -0.138. The summed E-state index contributed by atoms with van der Waals surface area (Å²) >= 11 is 0. The summed E-state index contributed by atoms with van der Waals surface area (Å²) in [5.74, 6) is 0.146. The molecule has 0 spiro atoms. The molecule has 2 heterocycles. The molecule has 6 nitrogen and oxygen atoms in total. The normalized spacial score (nSPS) is 10.0. The van der Waals surface area contributed by atoms with Gasteiger partial charge in [-0.05, 0) is 17.7 Å². The van der Waals surface area contributed by atoms with Crippen LogP contribution in [-0.4, -0.2) is 41.6 Å². The van der Waals surface area contributed by atoms with Crippen LogP contribution in [0.5, 0.6) is 0 Å². The Morgan fingerprint density at radius 2 is 1.84 bits per heavy atom. The topological polar surface area (TPSA) is 68.2 Å². The maximum atomic E-state index is 11.2. The van der Waals surface area contributed by atoms with Crippen molar-refractivity contribution in [3.8, 4) is 11.1 Å². The van der Waals surface area contributed by atoms with Crippen molar-refractivity contribution in [2.45, 2.75) is 0 Å². The maximum Gasteiger partial charge on any atom is 0.325 e. The predicted octanol–water partition coefficient (Wildman–Crippen LogP) is 1.15. The number of hydrogen-bond acceptors (Lipinski definition) is 6. The van der Waals surface area contributed by atoms with Gasteiger partial charge in [-0.15, -0.1) is 0 Å². The van der Waals surface area contributed by atoms with Crippen LogP contribution >= 0.6 is 0 Å². The zero-order chi connectivity index (χ0) is 13.7. The number of aromatic nitrogens is 3. The highest BCUT2D eigenvalue weighted by molar-refractivity contribution is 5.74. The average molecular weight is 258 g/mol. The Hall–Kier alpha value is -2.50. The van der Waals surface area contributed by atoms with E-state index in [9.17, 15) is 4.79 Å². The van der Waals surface area contributed by atoms with Crippen LogP contribution in [0.15, 0.2) is 36.9 Å². The third-order valence-electron chi connectivity index (χ3n) is 2.59. The van der Waals surface area contributed by atoms with E-state index in [0.29, 0.717) is 5.95 Å². The van der Waals surface area contributed by atoms with Gasteiger partial charge >= 0.3 is 5.97 Å². The Balaban J connectivity index is 2.12. The molecule has 0 saturated carbocycles.